The molecule has 0 heterocycles. The van der Waals surface area contributed by atoms with Gasteiger partial charge in [-0.25, -0.2) is 0 Å². The largest absolute Gasteiger partial charge is 0.479 e. The number of ether oxygens (including phenoxy) is 1. The molecule has 1 aromatic rings. The number of hydrogen-bond donors (Lipinski definition) is 1. The fourth-order valence-corrected chi connectivity index (χ4v) is 1.83. The lowest BCUT2D eigenvalue weighted by Crippen LogP contribution is -2.38. The Morgan fingerprint density at radius 2 is 2.05 bits per heavy atom. The molecule has 0 fully saturated rings. The number of nitrogens with one attached hydrogen (secondary N) is 1. The second-order valence-corrected chi connectivity index (χ2v) is 5.44. The van der Waals surface area contributed by atoms with Gasteiger partial charge in [0.05, 0.1) is 5.02 Å². The number of amides is 1. The molecule has 3 nitrogen and oxygen atoms in total. The van der Waals surface area contributed by atoms with Gasteiger partial charge in [0, 0.05) is 11.6 Å². The summed E-state index contributed by atoms with van der Waals surface area (Å²) in [6.07, 6.45) is 0.432. The van der Waals surface area contributed by atoms with E-state index < -0.39 is 6.10 Å². The Kier molecular flexibility index (Phi) is 6.46. The molecule has 0 aromatic heterocycles. The van der Waals surface area contributed by atoms with Crippen molar-refractivity contribution < 1.29 is 9.53 Å². The van der Waals surface area contributed by atoms with Crippen LogP contribution in [0.1, 0.15) is 27.2 Å². The number of rotatable bonds is 6. The van der Waals surface area contributed by atoms with Crippen LogP contribution in [0, 0.1) is 5.92 Å². The molecule has 0 aliphatic carbocycles. The molecule has 1 rings (SSSR count). The van der Waals surface area contributed by atoms with Crippen LogP contribution in [0.5, 0.6) is 5.75 Å². The smallest absolute Gasteiger partial charge is 0.260 e. The van der Waals surface area contributed by atoms with Crippen molar-refractivity contribution in [3.63, 3.8) is 0 Å². The van der Waals surface area contributed by atoms with E-state index in [2.05, 4.69) is 19.2 Å². The van der Waals surface area contributed by atoms with Crippen LogP contribution < -0.4 is 10.1 Å². The van der Waals surface area contributed by atoms with Crippen LogP contribution in [-0.4, -0.2) is 18.6 Å². The number of benzene rings is 1. The molecular weight excluding hydrogens is 285 g/mol. The minimum atomic E-state index is -0.595. The quantitative estimate of drug-likeness (QED) is 0.865. The highest BCUT2D eigenvalue weighted by Gasteiger charge is 2.16. The van der Waals surface area contributed by atoms with E-state index in [0.717, 1.165) is 6.42 Å². The Bertz CT molecular complexity index is 437. The van der Waals surface area contributed by atoms with Gasteiger partial charge in [0.15, 0.2) is 6.10 Å². The summed E-state index contributed by atoms with van der Waals surface area (Å²) in [6.45, 7) is 6.51. The topological polar surface area (TPSA) is 38.3 Å². The number of carbonyl (C=O) groups excluding carboxylic acids is 1. The summed E-state index contributed by atoms with van der Waals surface area (Å²) in [6, 6.07) is 4.91. The van der Waals surface area contributed by atoms with Crippen molar-refractivity contribution >= 4 is 29.1 Å². The van der Waals surface area contributed by atoms with Crippen LogP contribution in [0.15, 0.2) is 18.2 Å². The average molecular weight is 304 g/mol. The summed E-state index contributed by atoms with van der Waals surface area (Å²) in [7, 11) is 0. The van der Waals surface area contributed by atoms with Crippen LogP contribution in [0.25, 0.3) is 0 Å². The van der Waals surface area contributed by atoms with Gasteiger partial charge < -0.3 is 10.1 Å². The van der Waals surface area contributed by atoms with Crippen molar-refractivity contribution in [2.24, 2.45) is 5.92 Å². The summed E-state index contributed by atoms with van der Waals surface area (Å²) in [4.78, 5) is 11.8. The van der Waals surface area contributed by atoms with Gasteiger partial charge in [-0.1, -0.05) is 43.5 Å². The first kappa shape index (κ1) is 16.1. The molecule has 0 aliphatic heterocycles. The molecule has 1 N–H and O–H groups in total. The Morgan fingerprint density at radius 1 is 1.37 bits per heavy atom. The van der Waals surface area contributed by atoms with E-state index in [4.69, 9.17) is 27.9 Å². The first-order valence-corrected chi connectivity index (χ1v) is 7.09. The molecule has 0 saturated carbocycles. The minimum Gasteiger partial charge on any atom is -0.479 e. The molecule has 0 spiro atoms. The molecular formula is C14H19Cl2NO2. The number of carbonyl (C=O) groups is 1. The number of halogens is 2. The number of hydrogen-bond acceptors (Lipinski definition) is 2. The summed E-state index contributed by atoms with van der Waals surface area (Å²) in [5.74, 6) is 0.763. The minimum absolute atomic E-state index is 0.147. The summed E-state index contributed by atoms with van der Waals surface area (Å²) >= 11 is 11.8. The predicted octanol–water partition coefficient (Wildman–Crippen LogP) is 3.92. The van der Waals surface area contributed by atoms with E-state index in [-0.39, 0.29) is 5.91 Å². The van der Waals surface area contributed by atoms with Crippen LogP contribution in [0.3, 0.4) is 0 Å². The molecule has 0 radical (unpaired) electrons. The van der Waals surface area contributed by atoms with E-state index >= 15 is 0 Å². The van der Waals surface area contributed by atoms with Gasteiger partial charge in [-0.15, -0.1) is 0 Å². The van der Waals surface area contributed by atoms with Crippen LogP contribution in [0.2, 0.25) is 10.0 Å². The van der Waals surface area contributed by atoms with E-state index in [0.29, 0.717) is 28.3 Å². The second-order valence-electron chi connectivity index (χ2n) is 4.59. The Morgan fingerprint density at radius 3 is 2.63 bits per heavy atom. The first-order valence-electron chi connectivity index (χ1n) is 6.33. The van der Waals surface area contributed by atoms with E-state index in [9.17, 15) is 4.79 Å². The molecule has 0 saturated heterocycles. The van der Waals surface area contributed by atoms with Crippen molar-refractivity contribution in [3.05, 3.63) is 28.2 Å². The lowest BCUT2D eigenvalue weighted by Gasteiger charge is -2.17. The zero-order valence-electron chi connectivity index (χ0n) is 11.4. The summed E-state index contributed by atoms with van der Waals surface area (Å²) < 4.78 is 5.53. The molecule has 106 valence electrons. The molecule has 5 heteroatoms. The van der Waals surface area contributed by atoms with Crippen LogP contribution in [-0.2, 0) is 4.79 Å². The Balaban J connectivity index is 2.54. The lowest BCUT2D eigenvalue weighted by atomic mass is 10.1. The third kappa shape index (κ3) is 5.29. The molecule has 1 aromatic carbocycles. The van der Waals surface area contributed by atoms with Gasteiger partial charge in [0.1, 0.15) is 5.75 Å². The standard InChI is InChI=1S/C14H19Cl2NO2/c1-4-9(2)8-17-14(18)10(3)19-13-6-5-11(15)7-12(13)16/h5-7,9-10H,4,8H2,1-3H3,(H,17,18)/t9-,10+/m0/s1. The van der Waals surface area contributed by atoms with Crippen LogP contribution >= 0.6 is 23.2 Å². The molecule has 0 unspecified atom stereocenters. The van der Waals surface area contributed by atoms with E-state index in [1.807, 2.05) is 0 Å². The van der Waals surface area contributed by atoms with Crippen molar-refractivity contribution in [1.82, 2.24) is 5.32 Å². The average Bonchev–Trinajstić information content (AvgIpc) is 2.38. The fourth-order valence-electron chi connectivity index (χ4n) is 1.38. The highest BCUT2D eigenvalue weighted by molar-refractivity contribution is 6.35. The fraction of sp³-hybridized carbons (Fsp3) is 0.500. The van der Waals surface area contributed by atoms with Gasteiger partial charge >= 0.3 is 0 Å². The maximum absolute atomic E-state index is 11.8. The van der Waals surface area contributed by atoms with Gasteiger partial charge in [0.2, 0.25) is 0 Å². The SMILES string of the molecule is CC[C@H](C)CNC(=O)[C@@H](C)Oc1ccc(Cl)cc1Cl. The van der Waals surface area contributed by atoms with Gasteiger partial charge in [0.25, 0.3) is 5.91 Å². The predicted molar refractivity (Wildman–Crippen MR) is 79.0 cm³/mol. The zero-order chi connectivity index (χ0) is 14.4. The van der Waals surface area contributed by atoms with Crippen molar-refractivity contribution in [2.45, 2.75) is 33.3 Å². The van der Waals surface area contributed by atoms with E-state index in [1.54, 1.807) is 25.1 Å². The summed E-state index contributed by atoms with van der Waals surface area (Å²) in [5, 5.41) is 3.78. The molecule has 0 aliphatic rings. The highest BCUT2D eigenvalue weighted by atomic mass is 35.5. The summed E-state index contributed by atoms with van der Waals surface area (Å²) in [5.41, 5.74) is 0. The Hall–Kier alpha value is -0.930. The molecule has 2 atom stereocenters. The lowest BCUT2D eigenvalue weighted by molar-refractivity contribution is -0.127. The van der Waals surface area contributed by atoms with Crippen molar-refractivity contribution in [2.75, 3.05) is 6.54 Å². The third-order valence-corrected chi connectivity index (χ3v) is 3.42. The molecule has 0 bridgehead atoms. The van der Waals surface area contributed by atoms with Gasteiger partial charge in [-0.05, 0) is 31.0 Å². The molecule has 19 heavy (non-hydrogen) atoms. The maximum Gasteiger partial charge on any atom is 0.260 e. The van der Waals surface area contributed by atoms with Crippen molar-refractivity contribution in [3.8, 4) is 5.75 Å². The third-order valence-electron chi connectivity index (χ3n) is 2.89. The zero-order valence-corrected chi connectivity index (χ0v) is 12.9. The van der Waals surface area contributed by atoms with Gasteiger partial charge in [-0.2, -0.15) is 0 Å². The van der Waals surface area contributed by atoms with Crippen LogP contribution in [0.4, 0.5) is 0 Å². The van der Waals surface area contributed by atoms with Crippen molar-refractivity contribution in [1.29, 1.82) is 0 Å². The monoisotopic (exact) mass is 303 g/mol. The normalized spacial score (nSPS) is 13.7. The first-order chi connectivity index (χ1) is 8.93. The Labute approximate surface area is 124 Å². The second kappa shape index (κ2) is 7.61. The van der Waals surface area contributed by atoms with E-state index in [1.165, 1.54) is 0 Å². The molecule has 1 amide bonds. The maximum atomic E-state index is 11.8. The highest BCUT2D eigenvalue weighted by Crippen LogP contribution is 2.28. The van der Waals surface area contributed by atoms with Gasteiger partial charge in [-0.3, -0.25) is 4.79 Å².